The van der Waals surface area contributed by atoms with Crippen molar-refractivity contribution in [3.63, 3.8) is 0 Å². The molecule has 0 fully saturated rings. The minimum atomic E-state index is -1.63. The Balaban J connectivity index is 4.09. The van der Waals surface area contributed by atoms with Crippen LogP contribution in [0.5, 0.6) is 0 Å². The van der Waals surface area contributed by atoms with Crippen LogP contribution in [-0.4, -0.2) is 82.3 Å². The number of rotatable bonds is 55. The van der Waals surface area contributed by atoms with E-state index in [1.807, 2.05) is 21.1 Å². The van der Waals surface area contributed by atoms with E-state index < -0.39 is 24.3 Å². The summed E-state index contributed by atoms with van der Waals surface area (Å²) < 4.78 is 22.6. The van der Waals surface area contributed by atoms with Gasteiger partial charge in [0.05, 0.1) is 40.3 Å². The molecule has 0 spiro atoms. The molecule has 0 heterocycles. The first-order chi connectivity index (χ1) is 37.6. The fraction of sp³-hybridized carbons (Fsp3) is 0.662. The molecule has 0 bridgehead atoms. The SMILES string of the molecule is CC/C=C\C/C=C\C/C=C\C/C=C\C/C=C\C/C=C\C/C=C\C/C=C\C/C=C\C/C=C\CCCCCCCCCCCCC(=O)OC(COC(=O)CCCCCCCCCCCCC)COC(OCC[N+](C)(C)C)C(=O)[O-]. The highest BCUT2D eigenvalue weighted by atomic mass is 16.7. The van der Waals surface area contributed by atoms with E-state index in [-0.39, 0.29) is 38.6 Å². The van der Waals surface area contributed by atoms with Gasteiger partial charge < -0.3 is 33.3 Å². The number of aliphatic carboxylic acids is 1. The van der Waals surface area contributed by atoms with E-state index in [0.29, 0.717) is 17.4 Å². The average molecular weight is 1070 g/mol. The minimum absolute atomic E-state index is 0.143. The molecule has 0 aliphatic carbocycles. The molecule has 2 unspecified atom stereocenters. The van der Waals surface area contributed by atoms with Crippen LogP contribution in [-0.2, 0) is 33.3 Å². The van der Waals surface area contributed by atoms with Crippen molar-refractivity contribution in [2.45, 2.75) is 245 Å². The summed E-state index contributed by atoms with van der Waals surface area (Å²) in [5, 5.41) is 11.7. The fourth-order valence-corrected chi connectivity index (χ4v) is 8.03. The van der Waals surface area contributed by atoms with Gasteiger partial charge in [-0.25, -0.2) is 0 Å². The first-order valence-electron chi connectivity index (χ1n) is 30.7. The second kappa shape index (κ2) is 57.9. The Morgan fingerprint density at radius 3 is 1.10 bits per heavy atom. The molecular formula is C68H113NO8. The van der Waals surface area contributed by atoms with Crippen LogP contribution in [0.2, 0.25) is 0 Å². The number of carbonyl (C=O) groups excluding carboxylic acids is 3. The monoisotopic (exact) mass is 1070 g/mol. The maximum Gasteiger partial charge on any atom is 0.306 e. The summed E-state index contributed by atoms with van der Waals surface area (Å²) in [6.45, 7) is 4.61. The van der Waals surface area contributed by atoms with Gasteiger partial charge in [0.15, 0.2) is 12.4 Å². The molecule has 9 nitrogen and oxygen atoms in total. The van der Waals surface area contributed by atoms with Gasteiger partial charge >= 0.3 is 11.9 Å². The molecule has 0 radical (unpaired) electrons. The summed E-state index contributed by atoms with van der Waals surface area (Å²) in [5.41, 5.74) is 0. The molecule has 0 rings (SSSR count). The molecule has 0 amide bonds. The molecule has 0 saturated heterocycles. The second-order valence-electron chi connectivity index (χ2n) is 21.3. The van der Waals surface area contributed by atoms with Crippen molar-refractivity contribution in [2.24, 2.45) is 0 Å². The van der Waals surface area contributed by atoms with Gasteiger partial charge in [-0.1, -0.05) is 251 Å². The van der Waals surface area contributed by atoms with Crippen LogP contribution in [0.15, 0.2) is 122 Å². The largest absolute Gasteiger partial charge is 0.545 e. The Morgan fingerprint density at radius 1 is 0.403 bits per heavy atom. The molecule has 0 aromatic heterocycles. The first-order valence-corrected chi connectivity index (χ1v) is 30.7. The Hall–Kier alpha value is -4.31. The first kappa shape index (κ1) is 72.7. The van der Waals surface area contributed by atoms with Crippen LogP contribution in [0.3, 0.4) is 0 Å². The molecule has 9 heteroatoms. The Morgan fingerprint density at radius 2 is 0.740 bits per heavy atom. The molecule has 77 heavy (non-hydrogen) atoms. The molecule has 0 aliphatic heterocycles. The summed E-state index contributed by atoms with van der Waals surface area (Å²) in [4.78, 5) is 37.2. The molecule has 2 atom stereocenters. The van der Waals surface area contributed by atoms with Crippen LogP contribution in [0, 0.1) is 0 Å². The number of carboxylic acid groups (broad SMARTS) is 1. The summed E-state index contributed by atoms with van der Waals surface area (Å²) in [7, 11) is 5.91. The zero-order valence-electron chi connectivity index (χ0n) is 49.8. The lowest BCUT2D eigenvalue weighted by Gasteiger charge is -2.26. The van der Waals surface area contributed by atoms with Gasteiger partial charge in [0.1, 0.15) is 13.2 Å². The Bertz CT molecular complexity index is 1670. The highest BCUT2D eigenvalue weighted by molar-refractivity contribution is 5.70. The molecule has 0 N–H and O–H groups in total. The van der Waals surface area contributed by atoms with Crippen LogP contribution < -0.4 is 5.11 Å². The maximum absolute atomic E-state index is 12.8. The van der Waals surface area contributed by atoms with E-state index in [0.717, 1.165) is 109 Å². The van der Waals surface area contributed by atoms with E-state index in [1.165, 1.54) is 89.9 Å². The van der Waals surface area contributed by atoms with E-state index in [2.05, 4.69) is 135 Å². The standard InChI is InChI=1S/C68H113NO8/c1-6-8-10-12-14-16-18-19-20-21-22-23-24-25-26-27-28-29-30-31-32-33-34-35-36-37-38-39-40-41-42-43-44-45-46-47-49-51-53-55-57-59-66(71)77-64(63-76-68(67(72)73)74-61-60-69(3,4)5)62-75-65(70)58-56-54-52-50-48-17-15-13-11-9-7-2/h8,10,14,16,19-20,22-23,25-26,28-29,31-32,34-35,37-38,40-41,64,68H,6-7,9,11-13,15,17-18,21,24,27,30,33,36,39,42-63H2,1-5H3/b10-8-,16-14-,20-19-,23-22-,26-25-,29-28-,32-31-,35-34-,38-37-,41-40-. The average Bonchev–Trinajstić information content (AvgIpc) is 3.40. The number of allylic oxidation sites excluding steroid dienone is 20. The number of likely N-dealkylation sites (N-methyl/N-ethyl adjacent to an activating group) is 1. The van der Waals surface area contributed by atoms with Gasteiger partial charge in [-0.3, -0.25) is 9.59 Å². The minimum Gasteiger partial charge on any atom is -0.545 e. The van der Waals surface area contributed by atoms with Crippen LogP contribution in [0.4, 0.5) is 0 Å². The summed E-state index contributed by atoms with van der Waals surface area (Å²) in [6.07, 6.45) is 78.4. The van der Waals surface area contributed by atoms with E-state index in [4.69, 9.17) is 18.9 Å². The predicted octanol–water partition coefficient (Wildman–Crippen LogP) is 17.1. The fourth-order valence-electron chi connectivity index (χ4n) is 8.03. The topological polar surface area (TPSA) is 111 Å². The summed E-state index contributed by atoms with van der Waals surface area (Å²) in [5.74, 6) is -2.29. The number of nitrogens with zero attached hydrogens (tertiary/aromatic N) is 1. The normalized spacial score (nSPS) is 13.6. The second-order valence-corrected chi connectivity index (χ2v) is 21.3. The zero-order valence-corrected chi connectivity index (χ0v) is 49.8. The quantitative estimate of drug-likeness (QED) is 0.0195. The lowest BCUT2D eigenvalue weighted by Crippen LogP contribution is -2.44. The number of hydrogen-bond donors (Lipinski definition) is 0. The molecule has 0 aromatic rings. The van der Waals surface area contributed by atoms with Gasteiger partial charge in [-0.15, -0.1) is 0 Å². The van der Waals surface area contributed by atoms with Crippen molar-refractivity contribution in [1.29, 1.82) is 0 Å². The Kier molecular flexibility index (Phi) is 54.6. The number of carboxylic acids is 1. The Labute approximate surface area is 472 Å². The lowest BCUT2D eigenvalue weighted by atomic mass is 10.0. The molecule has 0 aliphatic rings. The number of hydrogen-bond acceptors (Lipinski definition) is 8. The third-order valence-electron chi connectivity index (χ3n) is 12.7. The van der Waals surface area contributed by atoms with Gasteiger partial charge in [0.25, 0.3) is 0 Å². The zero-order chi connectivity index (χ0) is 56.2. The summed E-state index contributed by atoms with van der Waals surface area (Å²) in [6, 6.07) is 0. The van der Waals surface area contributed by atoms with Crippen LogP contribution in [0.1, 0.15) is 232 Å². The smallest absolute Gasteiger partial charge is 0.306 e. The van der Waals surface area contributed by atoms with Gasteiger partial charge in [-0.2, -0.15) is 0 Å². The number of esters is 2. The number of carbonyl (C=O) groups is 3. The van der Waals surface area contributed by atoms with Crippen molar-refractivity contribution in [3.8, 4) is 0 Å². The highest BCUT2D eigenvalue weighted by Gasteiger charge is 2.22. The number of unbranched alkanes of at least 4 members (excludes halogenated alkanes) is 20. The van der Waals surface area contributed by atoms with Crippen LogP contribution in [0.25, 0.3) is 0 Å². The van der Waals surface area contributed by atoms with E-state index in [9.17, 15) is 19.5 Å². The third-order valence-corrected chi connectivity index (χ3v) is 12.7. The highest BCUT2D eigenvalue weighted by Crippen LogP contribution is 2.15. The molecule has 0 saturated carbocycles. The van der Waals surface area contributed by atoms with Crippen LogP contribution >= 0.6 is 0 Å². The van der Waals surface area contributed by atoms with Crippen molar-refractivity contribution < 1.29 is 42.9 Å². The summed E-state index contributed by atoms with van der Waals surface area (Å²) >= 11 is 0. The van der Waals surface area contributed by atoms with Crippen molar-refractivity contribution in [3.05, 3.63) is 122 Å². The van der Waals surface area contributed by atoms with Gasteiger partial charge in [0.2, 0.25) is 0 Å². The number of quaternary nitrogens is 1. The lowest BCUT2D eigenvalue weighted by molar-refractivity contribution is -0.870. The van der Waals surface area contributed by atoms with Crippen molar-refractivity contribution >= 4 is 17.9 Å². The van der Waals surface area contributed by atoms with Crippen molar-refractivity contribution in [2.75, 3.05) is 47.5 Å². The van der Waals surface area contributed by atoms with Gasteiger partial charge in [-0.05, 0) is 89.9 Å². The maximum atomic E-state index is 12.8. The molecule has 438 valence electrons. The van der Waals surface area contributed by atoms with Gasteiger partial charge in [0, 0.05) is 12.8 Å². The van der Waals surface area contributed by atoms with E-state index >= 15 is 0 Å². The third kappa shape index (κ3) is 59.2. The molecule has 0 aromatic carbocycles. The van der Waals surface area contributed by atoms with Crippen molar-refractivity contribution in [1.82, 2.24) is 0 Å². The predicted molar refractivity (Wildman–Crippen MR) is 324 cm³/mol. The number of ether oxygens (including phenoxy) is 4. The van der Waals surface area contributed by atoms with E-state index in [1.54, 1.807) is 0 Å². The molecular weight excluding hydrogens is 959 g/mol.